The van der Waals surface area contributed by atoms with Gasteiger partial charge in [-0.2, -0.15) is 0 Å². The van der Waals surface area contributed by atoms with E-state index >= 15 is 0 Å². The van der Waals surface area contributed by atoms with E-state index in [1.807, 2.05) is 67.6 Å². The number of aromatic nitrogens is 2. The Morgan fingerprint density at radius 1 is 1.09 bits per heavy atom. The summed E-state index contributed by atoms with van der Waals surface area (Å²) in [5.41, 5.74) is 3.88. The molecule has 2 aliphatic heterocycles. The molecule has 178 valence electrons. The van der Waals surface area contributed by atoms with E-state index in [9.17, 15) is 4.79 Å². The quantitative estimate of drug-likeness (QED) is 0.460. The van der Waals surface area contributed by atoms with E-state index in [4.69, 9.17) is 9.26 Å². The summed E-state index contributed by atoms with van der Waals surface area (Å²) < 4.78 is 12.0. The molecular formula is C28H28N4O3. The molecule has 7 nitrogen and oxygen atoms in total. The first-order chi connectivity index (χ1) is 17.0. The number of carbonyl (C=O) groups is 1. The molecule has 4 aromatic rings. The van der Waals surface area contributed by atoms with Crippen LogP contribution in [-0.2, 0) is 0 Å². The molecule has 2 aliphatic rings. The Morgan fingerprint density at radius 3 is 2.63 bits per heavy atom. The van der Waals surface area contributed by atoms with Crippen molar-refractivity contribution in [2.45, 2.75) is 37.8 Å². The van der Waals surface area contributed by atoms with Crippen molar-refractivity contribution in [2.24, 2.45) is 0 Å². The van der Waals surface area contributed by atoms with Crippen LogP contribution in [0.2, 0.25) is 0 Å². The van der Waals surface area contributed by atoms with Gasteiger partial charge in [0.1, 0.15) is 11.4 Å². The van der Waals surface area contributed by atoms with Crippen LogP contribution in [0.4, 0.5) is 0 Å². The van der Waals surface area contributed by atoms with E-state index in [1.54, 1.807) is 0 Å². The molecule has 2 aromatic carbocycles. The van der Waals surface area contributed by atoms with E-state index in [-0.39, 0.29) is 17.6 Å². The molecule has 0 radical (unpaired) electrons. The van der Waals surface area contributed by atoms with Crippen LogP contribution < -0.4 is 10.1 Å². The van der Waals surface area contributed by atoms with Gasteiger partial charge in [-0.05, 0) is 38.9 Å². The van der Waals surface area contributed by atoms with Crippen LogP contribution in [0.3, 0.4) is 0 Å². The van der Waals surface area contributed by atoms with Crippen LogP contribution in [0.25, 0.3) is 22.4 Å². The fraction of sp³-hybridized carbons (Fsp3) is 0.321. The highest BCUT2D eigenvalue weighted by Gasteiger charge is 2.43. The molecule has 35 heavy (non-hydrogen) atoms. The predicted molar refractivity (Wildman–Crippen MR) is 133 cm³/mol. The second kappa shape index (κ2) is 8.50. The highest BCUT2D eigenvalue weighted by atomic mass is 16.5. The lowest BCUT2D eigenvalue weighted by molar-refractivity contribution is -0.0195. The molecule has 6 rings (SSSR count). The fourth-order valence-corrected chi connectivity index (χ4v) is 5.35. The Balaban J connectivity index is 1.38. The van der Waals surface area contributed by atoms with Gasteiger partial charge in [-0.25, -0.2) is 4.98 Å². The Morgan fingerprint density at radius 2 is 1.83 bits per heavy atom. The minimum absolute atomic E-state index is 0.153. The Bertz CT molecular complexity index is 1390. The monoisotopic (exact) mass is 468 g/mol. The molecule has 1 spiro atoms. The first-order valence-corrected chi connectivity index (χ1v) is 12.1. The van der Waals surface area contributed by atoms with Crippen molar-refractivity contribution in [3.05, 3.63) is 77.5 Å². The standard InChI is InChI=1S/C28H28N4O3/c1-18-25-21(16-22(30-27(25)35-31-18)19-8-4-3-5-9-19)26(33)29-23-17-28(12-14-32(2)15-13-28)34-24-11-7-6-10-20(23)24/h3-11,16,23H,12-15,17H2,1-2H3,(H,29,33). The van der Waals surface area contributed by atoms with Gasteiger partial charge in [-0.15, -0.1) is 0 Å². The van der Waals surface area contributed by atoms with E-state index < -0.39 is 0 Å². The van der Waals surface area contributed by atoms with Crippen molar-refractivity contribution in [3.63, 3.8) is 0 Å². The van der Waals surface area contributed by atoms with Gasteiger partial charge >= 0.3 is 0 Å². The molecule has 0 saturated carbocycles. The number of pyridine rings is 1. The molecule has 0 bridgehead atoms. The van der Waals surface area contributed by atoms with Crippen molar-refractivity contribution in [3.8, 4) is 17.0 Å². The molecule has 1 unspecified atom stereocenters. The van der Waals surface area contributed by atoms with Crippen molar-refractivity contribution < 1.29 is 14.1 Å². The Hall–Kier alpha value is -3.71. The number of amides is 1. The number of aryl methyl sites for hydroxylation is 1. The number of rotatable bonds is 3. The highest BCUT2D eigenvalue weighted by Crippen LogP contribution is 2.44. The summed E-state index contributed by atoms with van der Waals surface area (Å²) in [6.45, 7) is 3.80. The maximum atomic E-state index is 13.8. The van der Waals surface area contributed by atoms with Crippen LogP contribution in [0.5, 0.6) is 5.75 Å². The lowest BCUT2D eigenvalue weighted by Gasteiger charge is -2.46. The minimum Gasteiger partial charge on any atom is -0.487 e. The van der Waals surface area contributed by atoms with E-state index in [0.29, 0.717) is 28.1 Å². The van der Waals surface area contributed by atoms with Crippen molar-refractivity contribution in [2.75, 3.05) is 20.1 Å². The summed E-state index contributed by atoms with van der Waals surface area (Å²) >= 11 is 0. The molecule has 7 heteroatoms. The first-order valence-electron chi connectivity index (χ1n) is 12.1. The second-order valence-electron chi connectivity index (χ2n) is 9.73. The number of carbonyl (C=O) groups excluding carboxylic acids is 1. The number of nitrogens with zero attached hydrogens (tertiary/aromatic N) is 3. The number of para-hydroxylation sites is 1. The SMILES string of the molecule is Cc1noc2nc(-c3ccccc3)cc(C(=O)NC3CC4(CCN(C)CC4)Oc4ccccc43)c12. The summed E-state index contributed by atoms with van der Waals surface area (Å²) in [5.74, 6) is 0.699. The van der Waals surface area contributed by atoms with Crippen LogP contribution in [0.1, 0.15) is 46.9 Å². The molecular weight excluding hydrogens is 440 g/mol. The molecule has 4 heterocycles. The third-order valence-electron chi connectivity index (χ3n) is 7.33. The van der Waals surface area contributed by atoms with E-state index in [0.717, 1.165) is 49.2 Å². The zero-order chi connectivity index (χ0) is 24.0. The van der Waals surface area contributed by atoms with Crippen LogP contribution in [0, 0.1) is 6.92 Å². The molecule has 2 aromatic heterocycles. The van der Waals surface area contributed by atoms with Gasteiger partial charge in [0.25, 0.3) is 11.6 Å². The number of benzene rings is 2. The van der Waals surface area contributed by atoms with Gasteiger partial charge < -0.3 is 19.5 Å². The maximum Gasteiger partial charge on any atom is 0.259 e. The normalized spacial score (nSPS) is 19.3. The number of ether oxygens (including phenoxy) is 1. The fourth-order valence-electron chi connectivity index (χ4n) is 5.35. The van der Waals surface area contributed by atoms with Crippen LogP contribution in [-0.4, -0.2) is 46.7 Å². The third kappa shape index (κ3) is 3.96. The molecule has 1 fully saturated rings. The first kappa shape index (κ1) is 21.8. The Kier molecular flexibility index (Phi) is 5.29. The molecule has 1 atom stereocenters. The average Bonchev–Trinajstić information content (AvgIpc) is 3.26. The summed E-state index contributed by atoms with van der Waals surface area (Å²) in [6, 6.07) is 19.5. The van der Waals surface area contributed by atoms with Crippen molar-refractivity contribution in [1.29, 1.82) is 0 Å². The number of nitrogens with one attached hydrogen (secondary N) is 1. The topological polar surface area (TPSA) is 80.5 Å². The smallest absolute Gasteiger partial charge is 0.259 e. The Labute approximate surface area is 204 Å². The predicted octanol–water partition coefficient (Wildman–Crippen LogP) is 4.92. The number of likely N-dealkylation sites (tertiary alicyclic amines) is 1. The maximum absolute atomic E-state index is 13.8. The van der Waals surface area contributed by atoms with Gasteiger partial charge in [-0.1, -0.05) is 53.7 Å². The van der Waals surface area contributed by atoms with Crippen molar-refractivity contribution >= 4 is 17.0 Å². The lowest BCUT2D eigenvalue weighted by Crippen LogP contribution is -2.51. The second-order valence-corrected chi connectivity index (χ2v) is 9.73. The van der Waals surface area contributed by atoms with Gasteiger partial charge in [0.2, 0.25) is 0 Å². The van der Waals surface area contributed by atoms with Gasteiger partial charge in [0.05, 0.1) is 28.4 Å². The van der Waals surface area contributed by atoms with Gasteiger partial charge in [0, 0.05) is 30.6 Å². The van der Waals surface area contributed by atoms with Crippen LogP contribution in [0.15, 0.2) is 65.2 Å². The number of hydrogen-bond acceptors (Lipinski definition) is 6. The number of hydrogen-bond donors (Lipinski definition) is 1. The zero-order valence-corrected chi connectivity index (χ0v) is 20.0. The third-order valence-corrected chi connectivity index (χ3v) is 7.33. The zero-order valence-electron chi connectivity index (χ0n) is 20.0. The molecule has 0 aliphatic carbocycles. The summed E-state index contributed by atoms with van der Waals surface area (Å²) in [4.78, 5) is 20.8. The summed E-state index contributed by atoms with van der Waals surface area (Å²) in [5, 5.41) is 8.07. The van der Waals surface area contributed by atoms with E-state index in [1.165, 1.54) is 0 Å². The minimum atomic E-state index is -0.269. The highest BCUT2D eigenvalue weighted by molar-refractivity contribution is 6.07. The number of fused-ring (bicyclic) bond motifs is 2. The molecule has 1 saturated heterocycles. The van der Waals surface area contributed by atoms with E-state index in [2.05, 4.69) is 27.4 Å². The molecule has 1 N–H and O–H groups in total. The van der Waals surface area contributed by atoms with Gasteiger partial charge in [0.15, 0.2) is 0 Å². The summed E-state index contributed by atoms with van der Waals surface area (Å²) in [6.07, 6.45) is 2.62. The average molecular weight is 469 g/mol. The number of piperidine rings is 1. The van der Waals surface area contributed by atoms with Gasteiger partial charge in [-0.3, -0.25) is 4.79 Å². The lowest BCUT2D eigenvalue weighted by atomic mass is 9.80. The largest absolute Gasteiger partial charge is 0.487 e. The van der Waals surface area contributed by atoms with Crippen molar-refractivity contribution in [1.82, 2.24) is 20.4 Å². The summed E-state index contributed by atoms with van der Waals surface area (Å²) in [7, 11) is 2.14. The molecule has 1 amide bonds. The van der Waals surface area contributed by atoms with Crippen LogP contribution >= 0.6 is 0 Å².